The second-order valence-electron chi connectivity index (χ2n) is 5.81. The highest BCUT2D eigenvalue weighted by Crippen LogP contribution is 2.37. The second kappa shape index (κ2) is 9.20. The van der Waals surface area contributed by atoms with Crippen molar-refractivity contribution in [1.29, 1.82) is 0 Å². The average Bonchev–Trinajstić information content (AvgIpc) is 2.67. The van der Waals surface area contributed by atoms with Crippen LogP contribution in [0.5, 0.6) is 11.5 Å². The van der Waals surface area contributed by atoms with E-state index < -0.39 is 15.9 Å². The first-order valence-corrected chi connectivity index (χ1v) is 11.5. The fourth-order valence-electron chi connectivity index (χ4n) is 2.78. The summed E-state index contributed by atoms with van der Waals surface area (Å²) in [6, 6.07) is 10.4. The SMILES string of the molecule is CCN(c1cc(OC)c(OC)cc1C(=O)Nc1ccccc1SC)S(C)(=O)=O. The van der Waals surface area contributed by atoms with Crippen LogP contribution in [-0.2, 0) is 10.0 Å². The number of nitrogens with one attached hydrogen (secondary N) is 1. The van der Waals surface area contributed by atoms with Crippen LogP contribution in [-0.4, -0.2) is 47.6 Å². The first kappa shape index (κ1) is 21.9. The van der Waals surface area contributed by atoms with Gasteiger partial charge in [0.2, 0.25) is 10.0 Å². The number of thioether (sulfide) groups is 1. The molecule has 0 aliphatic rings. The van der Waals surface area contributed by atoms with Crippen molar-refractivity contribution in [2.45, 2.75) is 11.8 Å². The average molecular weight is 425 g/mol. The van der Waals surface area contributed by atoms with Gasteiger partial charge in [-0.2, -0.15) is 0 Å². The van der Waals surface area contributed by atoms with E-state index in [1.165, 1.54) is 38.1 Å². The summed E-state index contributed by atoms with van der Waals surface area (Å²) >= 11 is 1.50. The maximum Gasteiger partial charge on any atom is 0.257 e. The minimum Gasteiger partial charge on any atom is -0.493 e. The van der Waals surface area contributed by atoms with Crippen LogP contribution in [0.25, 0.3) is 0 Å². The predicted octanol–water partition coefficient (Wildman–Crippen LogP) is 3.46. The Kier molecular flexibility index (Phi) is 7.20. The number of ether oxygens (including phenoxy) is 2. The Labute approximate surface area is 170 Å². The monoisotopic (exact) mass is 424 g/mol. The first-order valence-electron chi connectivity index (χ1n) is 8.44. The van der Waals surface area contributed by atoms with Gasteiger partial charge in [0.15, 0.2) is 11.5 Å². The Morgan fingerprint density at radius 3 is 2.29 bits per heavy atom. The molecule has 0 atom stereocenters. The number of benzene rings is 2. The van der Waals surface area contributed by atoms with Crippen LogP contribution in [0.3, 0.4) is 0 Å². The molecule has 0 aliphatic heterocycles. The zero-order valence-corrected chi connectivity index (χ0v) is 18.1. The summed E-state index contributed by atoms with van der Waals surface area (Å²) < 4.78 is 36.3. The number of carbonyl (C=O) groups is 1. The molecule has 9 heteroatoms. The molecule has 0 fully saturated rings. The minimum atomic E-state index is -3.60. The van der Waals surface area contributed by atoms with E-state index in [4.69, 9.17) is 9.47 Å². The number of rotatable bonds is 8. The molecule has 7 nitrogen and oxygen atoms in total. The molecular formula is C19H24N2O5S2. The number of sulfonamides is 1. The molecule has 0 unspecified atom stereocenters. The van der Waals surface area contributed by atoms with Gasteiger partial charge < -0.3 is 14.8 Å². The number of hydrogen-bond acceptors (Lipinski definition) is 6. The molecule has 0 saturated carbocycles. The van der Waals surface area contributed by atoms with Crippen molar-refractivity contribution in [2.24, 2.45) is 0 Å². The summed E-state index contributed by atoms with van der Waals surface area (Å²) in [4.78, 5) is 14.0. The third-order valence-electron chi connectivity index (χ3n) is 4.06. The number of para-hydroxylation sites is 1. The molecule has 28 heavy (non-hydrogen) atoms. The number of anilines is 2. The van der Waals surface area contributed by atoms with Crippen molar-refractivity contribution in [2.75, 3.05) is 42.9 Å². The lowest BCUT2D eigenvalue weighted by Gasteiger charge is -2.24. The molecule has 2 aromatic rings. The number of amides is 1. The van der Waals surface area contributed by atoms with Crippen LogP contribution in [0.2, 0.25) is 0 Å². The standard InChI is InChI=1S/C19H24N2O5S2/c1-6-21(28(5,23)24)15-12-17(26-3)16(25-2)11-13(15)19(22)20-14-9-7-8-10-18(14)27-4/h7-12H,6H2,1-5H3,(H,20,22). The first-order chi connectivity index (χ1) is 13.3. The van der Waals surface area contributed by atoms with Crippen LogP contribution < -0.4 is 19.1 Å². The molecule has 0 spiro atoms. The van der Waals surface area contributed by atoms with E-state index in [9.17, 15) is 13.2 Å². The lowest BCUT2D eigenvalue weighted by Crippen LogP contribution is -2.31. The van der Waals surface area contributed by atoms with Crippen molar-refractivity contribution < 1.29 is 22.7 Å². The summed E-state index contributed by atoms with van der Waals surface area (Å²) in [5, 5.41) is 2.86. The predicted molar refractivity (Wildman–Crippen MR) is 114 cm³/mol. The van der Waals surface area contributed by atoms with E-state index in [0.29, 0.717) is 17.2 Å². The van der Waals surface area contributed by atoms with Crippen LogP contribution in [0.1, 0.15) is 17.3 Å². The van der Waals surface area contributed by atoms with Gasteiger partial charge in [-0.15, -0.1) is 11.8 Å². The van der Waals surface area contributed by atoms with Crippen molar-refractivity contribution >= 4 is 39.1 Å². The molecule has 0 radical (unpaired) electrons. The van der Waals surface area contributed by atoms with Crippen LogP contribution in [0, 0.1) is 0 Å². The van der Waals surface area contributed by atoms with Gasteiger partial charge in [-0.1, -0.05) is 12.1 Å². The van der Waals surface area contributed by atoms with Crippen LogP contribution >= 0.6 is 11.8 Å². The fraction of sp³-hybridized carbons (Fsp3) is 0.316. The Hall–Kier alpha value is -2.39. The zero-order valence-electron chi connectivity index (χ0n) is 16.5. The van der Waals surface area contributed by atoms with Crippen molar-refractivity contribution in [3.05, 3.63) is 42.0 Å². The van der Waals surface area contributed by atoms with E-state index in [1.807, 2.05) is 24.5 Å². The summed E-state index contributed by atoms with van der Waals surface area (Å²) in [6.45, 7) is 1.86. The van der Waals surface area contributed by atoms with Crippen molar-refractivity contribution in [3.63, 3.8) is 0 Å². The smallest absolute Gasteiger partial charge is 0.257 e. The molecule has 0 heterocycles. The Morgan fingerprint density at radius 1 is 1.14 bits per heavy atom. The van der Waals surface area contributed by atoms with Gasteiger partial charge in [0.1, 0.15) is 0 Å². The third-order valence-corrected chi connectivity index (χ3v) is 6.11. The van der Waals surface area contributed by atoms with Gasteiger partial charge in [0, 0.05) is 17.5 Å². The molecule has 1 amide bonds. The molecular weight excluding hydrogens is 400 g/mol. The van der Waals surface area contributed by atoms with E-state index in [2.05, 4.69) is 5.32 Å². The molecule has 0 aliphatic carbocycles. The minimum absolute atomic E-state index is 0.163. The summed E-state index contributed by atoms with van der Waals surface area (Å²) in [7, 11) is -0.695. The zero-order chi connectivity index (χ0) is 20.9. The second-order valence-corrected chi connectivity index (χ2v) is 8.56. The quantitative estimate of drug-likeness (QED) is 0.653. The number of nitrogens with zero attached hydrogens (tertiary/aromatic N) is 1. The van der Waals surface area contributed by atoms with Crippen LogP contribution in [0.15, 0.2) is 41.3 Å². The highest BCUT2D eigenvalue weighted by molar-refractivity contribution is 7.98. The Balaban J connectivity index is 2.61. The van der Waals surface area contributed by atoms with Gasteiger partial charge in [-0.3, -0.25) is 9.10 Å². The number of methoxy groups -OCH3 is 2. The van der Waals surface area contributed by atoms with Crippen molar-refractivity contribution in [3.8, 4) is 11.5 Å². The Bertz CT molecular complexity index is 961. The topological polar surface area (TPSA) is 84.9 Å². The molecule has 0 aromatic heterocycles. The Morgan fingerprint density at radius 2 is 1.75 bits per heavy atom. The van der Waals surface area contributed by atoms with E-state index >= 15 is 0 Å². The molecule has 2 rings (SSSR count). The molecule has 2 aromatic carbocycles. The van der Waals surface area contributed by atoms with Gasteiger partial charge in [-0.05, 0) is 31.4 Å². The third kappa shape index (κ3) is 4.71. The maximum atomic E-state index is 13.1. The van der Waals surface area contributed by atoms with Gasteiger partial charge in [0.05, 0.1) is 37.4 Å². The number of carbonyl (C=O) groups excluding carboxylic acids is 1. The lowest BCUT2D eigenvalue weighted by atomic mass is 10.1. The lowest BCUT2D eigenvalue weighted by molar-refractivity contribution is 0.102. The highest BCUT2D eigenvalue weighted by Gasteiger charge is 2.25. The van der Waals surface area contributed by atoms with Gasteiger partial charge in [0.25, 0.3) is 5.91 Å². The summed E-state index contributed by atoms with van der Waals surface area (Å²) in [6.07, 6.45) is 3.01. The molecule has 152 valence electrons. The van der Waals surface area contributed by atoms with Crippen molar-refractivity contribution in [1.82, 2.24) is 0 Å². The molecule has 0 bridgehead atoms. The normalized spacial score (nSPS) is 11.0. The summed E-state index contributed by atoms with van der Waals surface area (Å²) in [5.74, 6) is 0.222. The maximum absolute atomic E-state index is 13.1. The molecule has 1 N–H and O–H groups in total. The highest BCUT2D eigenvalue weighted by atomic mass is 32.2. The molecule has 0 saturated heterocycles. The van der Waals surface area contributed by atoms with Crippen LogP contribution in [0.4, 0.5) is 11.4 Å². The van der Waals surface area contributed by atoms with Gasteiger partial charge >= 0.3 is 0 Å². The van der Waals surface area contributed by atoms with E-state index in [-0.39, 0.29) is 17.8 Å². The van der Waals surface area contributed by atoms with Gasteiger partial charge in [-0.25, -0.2) is 8.42 Å². The largest absolute Gasteiger partial charge is 0.493 e. The summed E-state index contributed by atoms with van der Waals surface area (Å²) in [5.41, 5.74) is 1.03. The van der Waals surface area contributed by atoms with E-state index in [1.54, 1.807) is 13.0 Å². The number of hydrogen-bond donors (Lipinski definition) is 1. The fourth-order valence-corrected chi connectivity index (χ4v) is 4.31. The van der Waals surface area contributed by atoms with E-state index in [0.717, 1.165) is 15.5 Å².